The molecule has 1 aromatic rings. The van der Waals surface area contributed by atoms with Gasteiger partial charge in [-0.05, 0) is 62.4 Å². The molecule has 1 aromatic carbocycles. The van der Waals surface area contributed by atoms with Crippen molar-refractivity contribution in [3.8, 4) is 5.75 Å². The molecule has 0 amide bonds. The molecule has 1 unspecified atom stereocenters. The molecule has 17 heavy (non-hydrogen) atoms. The van der Waals surface area contributed by atoms with Gasteiger partial charge >= 0.3 is 0 Å². The van der Waals surface area contributed by atoms with Crippen LogP contribution in [0.2, 0.25) is 0 Å². The lowest BCUT2D eigenvalue weighted by molar-refractivity contribution is 0.339. The van der Waals surface area contributed by atoms with Gasteiger partial charge in [0.1, 0.15) is 5.75 Å². The predicted octanol–water partition coefficient (Wildman–Crippen LogP) is 3.40. The summed E-state index contributed by atoms with van der Waals surface area (Å²) in [5.74, 6) is 0.964. The minimum atomic E-state index is 0. The number of halogens is 1. The van der Waals surface area contributed by atoms with Gasteiger partial charge in [0.15, 0.2) is 0 Å². The van der Waals surface area contributed by atoms with Crippen molar-refractivity contribution in [2.24, 2.45) is 5.73 Å². The minimum Gasteiger partial charge on any atom is -0.494 e. The molecule has 0 aliphatic rings. The maximum absolute atomic E-state index is 6.01. The summed E-state index contributed by atoms with van der Waals surface area (Å²) < 4.78 is 5.52. The number of nitrogens with two attached hydrogens (primary N) is 1. The summed E-state index contributed by atoms with van der Waals surface area (Å²) in [5.41, 5.74) is 9.95. The average molecular weight is 258 g/mol. The minimum absolute atomic E-state index is 0. The molecule has 0 saturated heterocycles. The van der Waals surface area contributed by atoms with Crippen LogP contribution in [0.4, 0.5) is 0 Å². The zero-order valence-electron chi connectivity index (χ0n) is 11.2. The van der Waals surface area contributed by atoms with E-state index >= 15 is 0 Å². The normalized spacial score (nSPS) is 11.8. The summed E-state index contributed by atoms with van der Waals surface area (Å²) in [4.78, 5) is 0. The smallest absolute Gasteiger partial charge is 0.119 e. The Morgan fingerprint density at radius 1 is 1.18 bits per heavy atom. The Bertz CT molecular complexity index is 329. The predicted molar refractivity (Wildman–Crippen MR) is 76.3 cm³/mol. The first-order valence-electron chi connectivity index (χ1n) is 6.07. The summed E-state index contributed by atoms with van der Waals surface area (Å²) in [6, 6.07) is 4.47. The van der Waals surface area contributed by atoms with E-state index in [1.54, 1.807) is 0 Å². The second-order valence-electron chi connectivity index (χ2n) is 4.34. The molecular weight excluding hydrogens is 234 g/mol. The van der Waals surface area contributed by atoms with E-state index in [0.29, 0.717) is 6.61 Å². The highest BCUT2D eigenvalue weighted by molar-refractivity contribution is 5.85. The quantitative estimate of drug-likeness (QED) is 0.878. The standard InChI is InChI=1S/C14H23NO.ClH/c1-5-12(15)9-14-10(3)7-13(16-6-2)8-11(14)4;/h7-8,12H,5-6,9,15H2,1-4H3;1H. The largest absolute Gasteiger partial charge is 0.494 e. The third-order valence-electron chi connectivity index (χ3n) is 2.97. The lowest BCUT2D eigenvalue weighted by Gasteiger charge is -2.16. The van der Waals surface area contributed by atoms with Gasteiger partial charge in [0, 0.05) is 6.04 Å². The summed E-state index contributed by atoms with van der Waals surface area (Å²) in [7, 11) is 0. The summed E-state index contributed by atoms with van der Waals surface area (Å²) in [5, 5.41) is 0. The molecule has 3 heteroatoms. The van der Waals surface area contributed by atoms with Crippen molar-refractivity contribution in [2.45, 2.75) is 46.6 Å². The van der Waals surface area contributed by atoms with E-state index in [4.69, 9.17) is 10.5 Å². The van der Waals surface area contributed by atoms with Crippen molar-refractivity contribution in [3.05, 3.63) is 28.8 Å². The number of rotatable bonds is 5. The molecule has 0 saturated carbocycles. The lowest BCUT2D eigenvalue weighted by Crippen LogP contribution is -2.22. The third-order valence-corrected chi connectivity index (χ3v) is 2.97. The molecule has 0 radical (unpaired) electrons. The van der Waals surface area contributed by atoms with Crippen LogP contribution in [-0.4, -0.2) is 12.6 Å². The number of benzene rings is 1. The van der Waals surface area contributed by atoms with E-state index in [1.807, 2.05) is 6.92 Å². The second-order valence-corrected chi connectivity index (χ2v) is 4.34. The first-order valence-corrected chi connectivity index (χ1v) is 6.07. The molecule has 0 heterocycles. The molecule has 0 aliphatic heterocycles. The Morgan fingerprint density at radius 2 is 1.71 bits per heavy atom. The number of ether oxygens (including phenoxy) is 1. The summed E-state index contributed by atoms with van der Waals surface area (Å²) in [6.45, 7) is 9.11. The SMILES string of the molecule is CCOc1cc(C)c(CC(N)CC)c(C)c1.Cl. The molecule has 0 aliphatic carbocycles. The van der Waals surface area contributed by atoms with Crippen LogP contribution in [0.25, 0.3) is 0 Å². The fraction of sp³-hybridized carbons (Fsp3) is 0.571. The molecule has 0 spiro atoms. The van der Waals surface area contributed by atoms with Crippen LogP contribution in [0.5, 0.6) is 5.75 Å². The van der Waals surface area contributed by atoms with E-state index in [-0.39, 0.29) is 18.4 Å². The Hall–Kier alpha value is -0.730. The molecule has 1 atom stereocenters. The van der Waals surface area contributed by atoms with Gasteiger partial charge in [-0.3, -0.25) is 0 Å². The molecule has 1 rings (SSSR count). The monoisotopic (exact) mass is 257 g/mol. The third kappa shape index (κ3) is 4.57. The van der Waals surface area contributed by atoms with Gasteiger partial charge in [-0.15, -0.1) is 12.4 Å². The topological polar surface area (TPSA) is 35.2 Å². The van der Waals surface area contributed by atoms with Gasteiger partial charge in [-0.2, -0.15) is 0 Å². The maximum Gasteiger partial charge on any atom is 0.119 e. The number of hydrogen-bond donors (Lipinski definition) is 1. The fourth-order valence-corrected chi connectivity index (χ4v) is 1.93. The van der Waals surface area contributed by atoms with Gasteiger partial charge in [-0.1, -0.05) is 6.92 Å². The zero-order chi connectivity index (χ0) is 12.1. The van der Waals surface area contributed by atoms with Gasteiger partial charge in [-0.25, -0.2) is 0 Å². The Kier molecular flexibility index (Phi) is 7.24. The Balaban J connectivity index is 0.00000256. The first kappa shape index (κ1) is 16.3. The van der Waals surface area contributed by atoms with Crippen LogP contribution >= 0.6 is 12.4 Å². The zero-order valence-corrected chi connectivity index (χ0v) is 12.1. The van der Waals surface area contributed by atoms with E-state index in [2.05, 4.69) is 32.9 Å². The van der Waals surface area contributed by atoms with Crippen molar-refractivity contribution in [3.63, 3.8) is 0 Å². The van der Waals surface area contributed by atoms with Gasteiger partial charge in [0.25, 0.3) is 0 Å². The van der Waals surface area contributed by atoms with E-state index < -0.39 is 0 Å². The number of aryl methyl sites for hydroxylation is 2. The van der Waals surface area contributed by atoms with Crippen LogP contribution in [-0.2, 0) is 6.42 Å². The van der Waals surface area contributed by atoms with Crippen molar-refractivity contribution >= 4 is 12.4 Å². The Morgan fingerprint density at radius 3 is 2.12 bits per heavy atom. The molecule has 0 bridgehead atoms. The fourth-order valence-electron chi connectivity index (χ4n) is 1.93. The highest BCUT2D eigenvalue weighted by Crippen LogP contribution is 2.23. The summed E-state index contributed by atoms with van der Waals surface area (Å²) in [6.07, 6.45) is 1.98. The number of hydrogen-bond acceptors (Lipinski definition) is 2. The van der Waals surface area contributed by atoms with Crippen LogP contribution in [0.15, 0.2) is 12.1 Å². The maximum atomic E-state index is 6.01. The van der Waals surface area contributed by atoms with Crippen molar-refractivity contribution in [2.75, 3.05) is 6.61 Å². The van der Waals surface area contributed by atoms with Crippen LogP contribution in [0, 0.1) is 13.8 Å². The molecule has 0 aromatic heterocycles. The Labute approximate surface area is 111 Å². The highest BCUT2D eigenvalue weighted by atomic mass is 35.5. The van der Waals surface area contributed by atoms with E-state index in [9.17, 15) is 0 Å². The molecule has 2 nitrogen and oxygen atoms in total. The van der Waals surface area contributed by atoms with E-state index in [0.717, 1.165) is 18.6 Å². The molecule has 0 fully saturated rings. The van der Waals surface area contributed by atoms with Gasteiger partial charge in [0.05, 0.1) is 6.61 Å². The molecular formula is C14H24ClNO. The van der Waals surface area contributed by atoms with Crippen LogP contribution < -0.4 is 10.5 Å². The molecule has 2 N–H and O–H groups in total. The van der Waals surface area contributed by atoms with Crippen LogP contribution in [0.3, 0.4) is 0 Å². The van der Waals surface area contributed by atoms with Crippen molar-refractivity contribution in [1.82, 2.24) is 0 Å². The highest BCUT2D eigenvalue weighted by Gasteiger charge is 2.09. The van der Waals surface area contributed by atoms with Crippen LogP contribution in [0.1, 0.15) is 37.0 Å². The van der Waals surface area contributed by atoms with Gasteiger partial charge < -0.3 is 10.5 Å². The summed E-state index contributed by atoms with van der Waals surface area (Å²) >= 11 is 0. The first-order chi connectivity index (χ1) is 7.58. The second kappa shape index (κ2) is 7.57. The van der Waals surface area contributed by atoms with Gasteiger partial charge in [0.2, 0.25) is 0 Å². The van der Waals surface area contributed by atoms with Crippen molar-refractivity contribution in [1.29, 1.82) is 0 Å². The lowest BCUT2D eigenvalue weighted by atomic mass is 9.95. The van der Waals surface area contributed by atoms with E-state index in [1.165, 1.54) is 16.7 Å². The van der Waals surface area contributed by atoms with Crippen molar-refractivity contribution < 1.29 is 4.74 Å². The average Bonchev–Trinajstić information content (AvgIpc) is 2.23. The molecule has 98 valence electrons.